The molecular formula is C16H17N3O3. The number of ketones is 1. The number of carbonyl (C=O) groups excluding carboxylic acids is 3. The van der Waals surface area contributed by atoms with Gasteiger partial charge in [-0.2, -0.15) is 0 Å². The molecule has 6 heteroatoms. The first kappa shape index (κ1) is 15.5. The number of aromatic nitrogens is 1. The Hall–Kier alpha value is -2.89. The number of aryl methyl sites for hydroxylation is 1. The zero-order valence-electron chi connectivity index (χ0n) is 12.4. The van der Waals surface area contributed by atoms with Crippen molar-refractivity contribution in [2.24, 2.45) is 7.05 Å². The highest BCUT2D eigenvalue weighted by molar-refractivity contribution is 6.08. The number of nitrogens with one attached hydrogen (secondary N) is 2. The van der Waals surface area contributed by atoms with Crippen LogP contribution in [0.5, 0.6) is 0 Å². The van der Waals surface area contributed by atoms with Gasteiger partial charge in [0.15, 0.2) is 0 Å². The van der Waals surface area contributed by atoms with Gasteiger partial charge in [0.2, 0.25) is 0 Å². The highest BCUT2D eigenvalue weighted by Crippen LogP contribution is 2.16. The fraction of sp³-hybridized carbons (Fsp3) is 0.188. The zero-order valence-corrected chi connectivity index (χ0v) is 12.4. The molecule has 1 aromatic heterocycles. The Labute approximate surface area is 128 Å². The second-order valence-corrected chi connectivity index (χ2v) is 4.89. The van der Waals surface area contributed by atoms with Gasteiger partial charge in [0.1, 0.15) is 11.5 Å². The van der Waals surface area contributed by atoms with Crippen molar-refractivity contribution in [1.29, 1.82) is 0 Å². The molecule has 114 valence electrons. The van der Waals surface area contributed by atoms with E-state index in [9.17, 15) is 14.4 Å². The molecular weight excluding hydrogens is 282 g/mol. The lowest BCUT2D eigenvalue weighted by Gasteiger charge is -2.11. The molecule has 0 bridgehead atoms. The summed E-state index contributed by atoms with van der Waals surface area (Å²) in [6.07, 6.45) is 1.76. The van der Waals surface area contributed by atoms with Crippen LogP contribution in [0.3, 0.4) is 0 Å². The number of hydrogen-bond donors (Lipinski definition) is 2. The Morgan fingerprint density at radius 1 is 1.05 bits per heavy atom. The second kappa shape index (κ2) is 6.71. The lowest BCUT2D eigenvalue weighted by molar-refractivity contribution is -0.116. The van der Waals surface area contributed by atoms with Gasteiger partial charge in [0.25, 0.3) is 11.8 Å². The molecule has 2 N–H and O–H groups in total. The molecule has 22 heavy (non-hydrogen) atoms. The SMILES string of the molecule is CC(=O)CNC(=O)c1ccccc1NC(=O)c1cccn1C. The van der Waals surface area contributed by atoms with Gasteiger partial charge in [0, 0.05) is 13.2 Å². The van der Waals surface area contributed by atoms with Crippen molar-refractivity contribution < 1.29 is 14.4 Å². The lowest BCUT2D eigenvalue weighted by atomic mass is 10.1. The summed E-state index contributed by atoms with van der Waals surface area (Å²) in [5.41, 5.74) is 1.19. The van der Waals surface area contributed by atoms with E-state index in [-0.39, 0.29) is 18.2 Å². The van der Waals surface area contributed by atoms with E-state index in [0.29, 0.717) is 16.9 Å². The molecule has 0 aliphatic rings. The molecule has 6 nitrogen and oxygen atoms in total. The van der Waals surface area contributed by atoms with Crippen molar-refractivity contribution in [3.63, 3.8) is 0 Å². The van der Waals surface area contributed by atoms with Gasteiger partial charge in [-0.15, -0.1) is 0 Å². The zero-order chi connectivity index (χ0) is 16.1. The van der Waals surface area contributed by atoms with Crippen LogP contribution in [0.1, 0.15) is 27.8 Å². The Morgan fingerprint density at radius 3 is 2.41 bits per heavy atom. The molecule has 0 radical (unpaired) electrons. The number of anilines is 1. The van der Waals surface area contributed by atoms with Gasteiger partial charge in [0.05, 0.1) is 17.8 Å². The van der Waals surface area contributed by atoms with E-state index in [1.54, 1.807) is 54.2 Å². The summed E-state index contributed by atoms with van der Waals surface area (Å²) < 4.78 is 1.69. The molecule has 0 unspecified atom stereocenters. The van der Waals surface area contributed by atoms with E-state index in [4.69, 9.17) is 0 Å². The van der Waals surface area contributed by atoms with E-state index < -0.39 is 5.91 Å². The molecule has 2 aromatic rings. The molecule has 2 amide bonds. The quantitative estimate of drug-likeness (QED) is 0.880. The Morgan fingerprint density at radius 2 is 1.77 bits per heavy atom. The van der Waals surface area contributed by atoms with E-state index in [1.807, 2.05) is 0 Å². The molecule has 0 aliphatic carbocycles. The van der Waals surface area contributed by atoms with Gasteiger partial charge in [-0.25, -0.2) is 0 Å². The molecule has 0 atom stereocenters. The molecule has 0 aliphatic heterocycles. The normalized spacial score (nSPS) is 10.1. The summed E-state index contributed by atoms with van der Waals surface area (Å²) >= 11 is 0. The maximum atomic E-state index is 12.2. The van der Waals surface area contributed by atoms with Crippen LogP contribution in [0.15, 0.2) is 42.6 Å². The van der Waals surface area contributed by atoms with Gasteiger partial charge in [-0.3, -0.25) is 14.4 Å². The fourth-order valence-electron chi connectivity index (χ4n) is 1.97. The fourth-order valence-corrected chi connectivity index (χ4v) is 1.97. The van der Waals surface area contributed by atoms with Gasteiger partial charge < -0.3 is 15.2 Å². The van der Waals surface area contributed by atoms with Crippen LogP contribution < -0.4 is 10.6 Å². The Bertz CT molecular complexity index is 719. The smallest absolute Gasteiger partial charge is 0.272 e. The predicted molar refractivity (Wildman–Crippen MR) is 82.8 cm³/mol. The number of carbonyl (C=O) groups is 3. The Balaban J connectivity index is 2.18. The first-order valence-corrected chi connectivity index (χ1v) is 6.78. The van der Waals surface area contributed by atoms with Crippen molar-refractivity contribution in [3.05, 3.63) is 53.9 Å². The monoisotopic (exact) mass is 299 g/mol. The molecule has 0 spiro atoms. The molecule has 1 aromatic carbocycles. The topological polar surface area (TPSA) is 80.2 Å². The third-order valence-corrected chi connectivity index (χ3v) is 3.09. The Kier molecular flexibility index (Phi) is 4.73. The van der Waals surface area contributed by atoms with Crippen LogP contribution in [-0.4, -0.2) is 28.7 Å². The van der Waals surface area contributed by atoms with Crippen molar-refractivity contribution in [2.75, 3.05) is 11.9 Å². The average Bonchev–Trinajstić information content (AvgIpc) is 2.91. The number of amides is 2. The van der Waals surface area contributed by atoms with Crippen LogP contribution >= 0.6 is 0 Å². The number of benzene rings is 1. The first-order valence-electron chi connectivity index (χ1n) is 6.78. The number of rotatable bonds is 5. The highest BCUT2D eigenvalue weighted by atomic mass is 16.2. The first-order chi connectivity index (χ1) is 10.5. The number of para-hydroxylation sites is 1. The minimum absolute atomic E-state index is 0.0427. The van der Waals surface area contributed by atoms with E-state index in [2.05, 4.69) is 10.6 Å². The summed E-state index contributed by atoms with van der Waals surface area (Å²) in [5, 5.41) is 5.23. The second-order valence-electron chi connectivity index (χ2n) is 4.89. The maximum Gasteiger partial charge on any atom is 0.272 e. The van der Waals surface area contributed by atoms with Crippen molar-refractivity contribution in [1.82, 2.24) is 9.88 Å². The minimum atomic E-state index is -0.405. The van der Waals surface area contributed by atoms with E-state index >= 15 is 0 Å². The van der Waals surface area contributed by atoms with Gasteiger partial charge in [-0.1, -0.05) is 12.1 Å². The van der Waals surface area contributed by atoms with E-state index in [0.717, 1.165) is 0 Å². The lowest BCUT2D eigenvalue weighted by Crippen LogP contribution is -2.29. The predicted octanol–water partition coefficient (Wildman–Crippen LogP) is 1.60. The summed E-state index contributed by atoms with van der Waals surface area (Å²) in [7, 11) is 1.76. The summed E-state index contributed by atoms with van der Waals surface area (Å²) in [4.78, 5) is 35.3. The molecule has 1 heterocycles. The van der Waals surface area contributed by atoms with Crippen molar-refractivity contribution >= 4 is 23.3 Å². The number of hydrogen-bond acceptors (Lipinski definition) is 3. The largest absolute Gasteiger partial charge is 0.347 e. The average molecular weight is 299 g/mol. The van der Waals surface area contributed by atoms with Crippen LogP contribution in [0.2, 0.25) is 0 Å². The minimum Gasteiger partial charge on any atom is -0.347 e. The van der Waals surface area contributed by atoms with Crippen LogP contribution in [0, 0.1) is 0 Å². The maximum absolute atomic E-state index is 12.2. The van der Waals surface area contributed by atoms with Gasteiger partial charge in [-0.05, 0) is 31.2 Å². The number of nitrogens with zero attached hydrogens (tertiary/aromatic N) is 1. The molecule has 0 saturated carbocycles. The standard InChI is InChI=1S/C16H17N3O3/c1-11(20)10-17-15(21)12-6-3-4-7-13(12)18-16(22)14-8-5-9-19(14)2/h3-9H,10H2,1-2H3,(H,17,21)(H,18,22). The third-order valence-electron chi connectivity index (χ3n) is 3.09. The van der Waals surface area contributed by atoms with E-state index in [1.165, 1.54) is 6.92 Å². The molecule has 2 rings (SSSR count). The van der Waals surface area contributed by atoms with Crippen LogP contribution in [0.25, 0.3) is 0 Å². The summed E-state index contributed by atoms with van der Waals surface area (Å²) in [6.45, 7) is 1.35. The number of Topliss-reactive ketones (excluding diaryl/α,β-unsaturated/α-hetero) is 1. The van der Waals surface area contributed by atoms with Crippen LogP contribution in [-0.2, 0) is 11.8 Å². The third kappa shape index (κ3) is 3.60. The van der Waals surface area contributed by atoms with Crippen molar-refractivity contribution in [3.8, 4) is 0 Å². The highest BCUT2D eigenvalue weighted by Gasteiger charge is 2.15. The van der Waals surface area contributed by atoms with Crippen LogP contribution in [0.4, 0.5) is 5.69 Å². The molecule has 0 saturated heterocycles. The summed E-state index contributed by atoms with van der Waals surface area (Å²) in [6, 6.07) is 10.1. The van der Waals surface area contributed by atoms with Crippen molar-refractivity contribution in [2.45, 2.75) is 6.92 Å². The summed E-state index contributed by atoms with van der Waals surface area (Å²) in [5.74, 6) is -0.851. The van der Waals surface area contributed by atoms with Gasteiger partial charge >= 0.3 is 0 Å². The molecule has 0 fully saturated rings.